The Kier molecular flexibility index (Phi) is 4.71. The summed E-state index contributed by atoms with van der Waals surface area (Å²) in [4.78, 5) is 22.3. The smallest absolute Gasteiger partial charge is 0.222 e. The molecule has 1 fully saturated rings. The Morgan fingerprint density at radius 3 is 2.85 bits per heavy atom. The maximum Gasteiger partial charge on any atom is 0.222 e. The Morgan fingerprint density at radius 1 is 1.19 bits per heavy atom. The first-order chi connectivity index (χ1) is 12.8. The molecule has 2 N–H and O–H groups in total. The van der Waals surface area contributed by atoms with Crippen LogP contribution in [0, 0.1) is 5.92 Å². The fraction of sp³-hybridized carbons (Fsp3) is 0.333. The summed E-state index contributed by atoms with van der Waals surface area (Å²) in [5.41, 5.74) is 3.23. The minimum Gasteiger partial charge on any atom is -0.396 e. The molecular formula is C21H23N3O2. The van der Waals surface area contributed by atoms with Gasteiger partial charge in [-0.2, -0.15) is 0 Å². The zero-order chi connectivity index (χ0) is 17.9. The van der Waals surface area contributed by atoms with Gasteiger partial charge in [-0.15, -0.1) is 0 Å². The van der Waals surface area contributed by atoms with E-state index in [1.165, 1.54) is 10.9 Å². The average molecular weight is 349 g/mol. The minimum absolute atomic E-state index is 0.0574. The molecule has 3 aromatic rings. The Hall–Kier alpha value is -2.66. The number of H-pyrrole nitrogens is 1. The number of carbonyl (C=O) groups excluding carboxylic acids is 1. The van der Waals surface area contributed by atoms with Gasteiger partial charge >= 0.3 is 0 Å². The standard InChI is InChI=1S/C21H23N3O2/c25-14-16-12-24(13-18(16)20-7-3-4-10-22-20)21(26)9-8-15-11-23-19-6-2-1-5-17(15)19/h1-7,10-11,16,18,23,25H,8-9,12-14H2/t16-,18+/m0/s1. The summed E-state index contributed by atoms with van der Waals surface area (Å²) in [5.74, 6) is 0.312. The number of benzene rings is 1. The summed E-state index contributed by atoms with van der Waals surface area (Å²) >= 11 is 0. The predicted molar refractivity (Wildman–Crippen MR) is 101 cm³/mol. The van der Waals surface area contributed by atoms with E-state index in [1.807, 2.05) is 47.5 Å². The molecule has 4 rings (SSSR count). The molecule has 2 atom stereocenters. The highest BCUT2D eigenvalue weighted by atomic mass is 16.3. The number of aromatic nitrogens is 2. The number of aliphatic hydroxyl groups is 1. The van der Waals surface area contributed by atoms with E-state index >= 15 is 0 Å². The van der Waals surface area contributed by atoms with E-state index in [-0.39, 0.29) is 24.3 Å². The summed E-state index contributed by atoms with van der Waals surface area (Å²) in [5, 5.41) is 10.9. The molecule has 1 amide bonds. The molecule has 1 aromatic carbocycles. The molecule has 0 spiro atoms. The molecule has 26 heavy (non-hydrogen) atoms. The van der Waals surface area contributed by atoms with Crippen molar-refractivity contribution in [2.75, 3.05) is 19.7 Å². The lowest BCUT2D eigenvalue weighted by molar-refractivity contribution is -0.130. The number of aromatic amines is 1. The number of rotatable bonds is 5. The monoisotopic (exact) mass is 349 g/mol. The Bertz CT molecular complexity index is 890. The van der Waals surface area contributed by atoms with Crippen molar-refractivity contribution in [3.05, 3.63) is 66.1 Å². The first-order valence-electron chi connectivity index (χ1n) is 9.11. The molecule has 134 valence electrons. The van der Waals surface area contributed by atoms with Crippen molar-refractivity contribution in [2.24, 2.45) is 5.92 Å². The largest absolute Gasteiger partial charge is 0.396 e. The fourth-order valence-electron chi connectivity index (χ4n) is 3.93. The third kappa shape index (κ3) is 3.22. The number of nitrogens with one attached hydrogen (secondary N) is 1. The van der Waals surface area contributed by atoms with Crippen LogP contribution in [-0.4, -0.2) is 45.6 Å². The molecule has 0 saturated carbocycles. The van der Waals surface area contributed by atoms with Gasteiger partial charge in [0, 0.05) is 66.9 Å². The van der Waals surface area contributed by atoms with Gasteiger partial charge in [-0.05, 0) is 30.2 Å². The zero-order valence-corrected chi connectivity index (χ0v) is 14.6. The highest BCUT2D eigenvalue weighted by molar-refractivity contribution is 5.84. The van der Waals surface area contributed by atoms with Crippen molar-refractivity contribution in [1.82, 2.24) is 14.9 Å². The topological polar surface area (TPSA) is 69.2 Å². The van der Waals surface area contributed by atoms with E-state index in [4.69, 9.17) is 0 Å². The van der Waals surface area contributed by atoms with Crippen LogP contribution in [0.3, 0.4) is 0 Å². The van der Waals surface area contributed by atoms with Crippen molar-refractivity contribution in [1.29, 1.82) is 0 Å². The van der Waals surface area contributed by atoms with E-state index in [9.17, 15) is 9.90 Å². The minimum atomic E-state index is 0.0574. The molecule has 0 bridgehead atoms. The summed E-state index contributed by atoms with van der Waals surface area (Å²) < 4.78 is 0. The van der Waals surface area contributed by atoms with Crippen LogP contribution < -0.4 is 0 Å². The number of nitrogens with zero attached hydrogens (tertiary/aromatic N) is 2. The van der Waals surface area contributed by atoms with Gasteiger partial charge in [0.2, 0.25) is 5.91 Å². The lowest BCUT2D eigenvalue weighted by Crippen LogP contribution is -2.29. The van der Waals surface area contributed by atoms with E-state index in [0.29, 0.717) is 19.5 Å². The molecule has 0 radical (unpaired) electrons. The van der Waals surface area contributed by atoms with E-state index in [2.05, 4.69) is 16.0 Å². The number of aliphatic hydroxyl groups excluding tert-OH is 1. The van der Waals surface area contributed by atoms with Gasteiger partial charge in [0.1, 0.15) is 0 Å². The van der Waals surface area contributed by atoms with E-state index in [1.54, 1.807) is 6.20 Å². The van der Waals surface area contributed by atoms with Crippen LogP contribution in [0.1, 0.15) is 23.6 Å². The first kappa shape index (κ1) is 16.8. The first-order valence-corrected chi connectivity index (χ1v) is 9.11. The molecule has 5 nitrogen and oxygen atoms in total. The van der Waals surface area contributed by atoms with Crippen molar-refractivity contribution < 1.29 is 9.90 Å². The average Bonchev–Trinajstić information content (AvgIpc) is 3.31. The van der Waals surface area contributed by atoms with Gasteiger partial charge in [0.25, 0.3) is 0 Å². The number of hydrogen-bond donors (Lipinski definition) is 2. The molecule has 1 aliphatic heterocycles. The highest BCUT2D eigenvalue weighted by Gasteiger charge is 2.36. The van der Waals surface area contributed by atoms with Crippen LogP contribution in [0.25, 0.3) is 10.9 Å². The number of para-hydroxylation sites is 1. The molecule has 1 aliphatic rings. The normalized spacial score (nSPS) is 20.0. The molecule has 0 unspecified atom stereocenters. The summed E-state index contributed by atoms with van der Waals surface area (Å²) in [6.07, 6.45) is 4.97. The van der Waals surface area contributed by atoms with Gasteiger partial charge in [0.15, 0.2) is 0 Å². The van der Waals surface area contributed by atoms with E-state index in [0.717, 1.165) is 17.6 Å². The molecule has 0 aliphatic carbocycles. The number of amides is 1. The second kappa shape index (κ2) is 7.30. The van der Waals surface area contributed by atoms with Crippen molar-refractivity contribution >= 4 is 16.8 Å². The second-order valence-corrected chi connectivity index (χ2v) is 6.96. The number of fused-ring (bicyclic) bond motifs is 1. The van der Waals surface area contributed by atoms with Crippen LogP contribution >= 0.6 is 0 Å². The Morgan fingerprint density at radius 2 is 2.04 bits per heavy atom. The van der Waals surface area contributed by atoms with Crippen molar-refractivity contribution in [3.63, 3.8) is 0 Å². The molecule has 2 aromatic heterocycles. The lowest BCUT2D eigenvalue weighted by Gasteiger charge is -2.16. The zero-order valence-electron chi connectivity index (χ0n) is 14.6. The maximum atomic E-state index is 12.7. The van der Waals surface area contributed by atoms with Crippen LogP contribution in [0.15, 0.2) is 54.9 Å². The number of hydrogen-bond acceptors (Lipinski definition) is 3. The van der Waals surface area contributed by atoms with Crippen molar-refractivity contribution in [2.45, 2.75) is 18.8 Å². The number of carbonyl (C=O) groups is 1. The number of likely N-dealkylation sites (tertiary alicyclic amines) is 1. The van der Waals surface area contributed by atoms with Crippen molar-refractivity contribution in [3.8, 4) is 0 Å². The molecule has 5 heteroatoms. The molecule has 1 saturated heterocycles. The number of aryl methyl sites for hydroxylation is 1. The predicted octanol–water partition coefficient (Wildman–Crippen LogP) is 2.73. The van der Waals surface area contributed by atoms with Crippen LogP contribution in [0.2, 0.25) is 0 Å². The fourth-order valence-corrected chi connectivity index (χ4v) is 3.93. The Labute approximate surface area is 152 Å². The van der Waals surface area contributed by atoms with Crippen LogP contribution in [0.4, 0.5) is 0 Å². The Balaban J connectivity index is 1.42. The van der Waals surface area contributed by atoms with Gasteiger partial charge < -0.3 is 15.0 Å². The van der Waals surface area contributed by atoms with Gasteiger partial charge in [0.05, 0.1) is 0 Å². The summed E-state index contributed by atoms with van der Waals surface area (Å²) in [6, 6.07) is 14.0. The highest BCUT2D eigenvalue weighted by Crippen LogP contribution is 2.31. The van der Waals surface area contributed by atoms with Gasteiger partial charge in [-0.1, -0.05) is 24.3 Å². The number of pyridine rings is 1. The molecule has 3 heterocycles. The van der Waals surface area contributed by atoms with Crippen LogP contribution in [-0.2, 0) is 11.2 Å². The lowest BCUT2D eigenvalue weighted by atomic mass is 9.93. The van der Waals surface area contributed by atoms with Crippen LogP contribution in [0.5, 0.6) is 0 Å². The maximum absolute atomic E-state index is 12.7. The quantitative estimate of drug-likeness (QED) is 0.744. The summed E-state index contributed by atoms with van der Waals surface area (Å²) in [6.45, 7) is 1.31. The molecular weight excluding hydrogens is 326 g/mol. The SMILES string of the molecule is O=C(CCc1c[nH]c2ccccc12)N1C[C@@H](CO)[C@H](c2ccccn2)C1. The summed E-state index contributed by atoms with van der Waals surface area (Å²) in [7, 11) is 0. The van der Waals surface area contributed by atoms with Gasteiger partial charge in [-0.3, -0.25) is 9.78 Å². The third-order valence-corrected chi connectivity index (χ3v) is 5.38. The van der Waals surface area contributed by atoms with E-state index < -0.39 is 0 Å². The second-order valence-electron chi connectivity index (χ2n) is 6.96. The third-order valence-electron chi connectivity index (χ3n) is 5.38. The van der Waals surface area contributed by atoms with Gasteiger partial charge in [-0.25, -0.2) is 0 Å².